The van der Waals surface area contributed by atoms with Gasteiger partial charge in [-0.2, -0.15) is 0 Å². The van der Waals surface area contributed by atoms with Crippen molar-refractivity contribution in [3.8, 4) is 21.8 Å². The van der Waals surface area contributed by atoms with E-state index >= 15 is 0 Å². The molecule has 2 aromatic heterocycles. The second-order valence-electron chi connectivity index (χ2n) is 7.50. The maximum absolute atomic E-state index is 12.2. The molecular formula is C26H23NO5S. The lowest BCUT2D eigenvalue weighted by atomic mass is 10.1. The molecule has 0 aliphatic carbocycles. The van der Waals surface area contributed by atoms with Gasteiger partial charge in [0, 0.05) is 27.8 Å². The van der Waals surface area contributed by atoms with Crippen molar-refractivity contribution in [1.82, 2.24) is 0 Å². The van der Waals surface area contributed by atoms with E-state index in [1.807, 2.05) is 66.7 Å². The fraction of sp³-hybridized carbons (Fsp3) is 0.154. The molecule has 0 bridgehead atoms. The number of benzene rings is 2. The van der Waals surface area contributed by atoms with Crippen LogP contribution in [0.4, 0.5) is 10.5 Å². The van der Waals surface area contributed by atoms with Crippen molar-refractivity contribution in [2.45, 2.75) is 19.3 Å². The number of carboxylic acids is 1. The zero-order chi connectivity index (χ0) is 23.2. The number of anilines is 1. The van der Waals surface area contributed by atoms with Gasteiger partial charge in [-0.05, 0) is 30.2 Å². The van der Waals surface area contributed by atoms with Crippen LogP contribution in [0, 0.1) is 0 Å². The second-order valence-corrected chi connectivity index (χ2v) is 8.61. The monoisotopic (exact) mass is 461 g/mol. The summed E-state index contributed by atoms with van der Waals surface area (Å²) in [4.78, 5) is 25.2. The molecule has 4 aromatic rings. The smallest absolute Gasteiger partial charge is 0.411 e. The summed E-state index contributed by atoms with van der Waals surface area (Å²) in [5, 5.41) is 11.9. The molecule has 2 N–H and O–H groups in total. The van der Waals surface area contributed by atoms with Gasteiger partial charge in [-0.25, -0.2) is 4.79 Å². The van der Waals surface area contributed by atoms with E-state index in [4.69, 9.17) is 9.15 Å². The van der Waals surface area contributed by atoms with Crippen LogP contribution in [-0.4, -0.2) is 23.8 Å². The number of amides is 1. The third kappa shape index (κ3) is 5.51. The quantitative estimate of drug-likeness (QED) is 0.306. The van der Waals surface area contributed by atoms with Crippen LogP contribution in [0.5, 0.6) is 0 Å². The molecule has 168 valence electrons. The predicted octanol–water partition coefficient (Wildman–Crippen LogP) is 6.65. The summed E-state index contributed by atoms with van der Waals surface area (Å²) in [6.45, 7) is 1.96. The number of ether oxygens (including phenoxy) is 1. The number of furan rings is 1. The first-order chi connectivity index (χ1) is 16.0. The highest BCUT2D eigenvalue weighted by Gasteiger charge is 2.17. The van der Waals surface area contributed by atoms with Crippen LogP contribution in [-0.2, 0) is 16.0 Å². The molecule has 33 heavy (non-hydrogen) atoms. The van der Waals surface area contributed by atoms with Gasteiger partial charge in [0.2, 0.25) is 0 Å². The Labute approximate surface area is 195 Å². The highest BCUT2D eigenvalue weighted by molar-refractivity contribution is 7.15. The van der Waals surface area contributed by atoms with Gasteiger partial charge in [0.1, 0.15) is 0 Å². The number of hydrogen-bond acceptors (Lipinski definition) is 5. The Morgan fingerprint density at radius 1 is 1.00 bits per heavy atom. The number of thiophene rings is 1. The van der Waals surface area contributed by atoms with Gasteiger partial charge in [-0.3, -0.25) is 10.1 Å². The van der Waals surface area contributed by atoms with Gasteiger partial charge in [-0.15, -0.1) is 11.3 Å². The molecule has 0 saturated carbocycles. The topological polar surface area (TPSA) is 88.8 Å². The number of aliphatic carboxylic acids is 1. The Morgan fingerprint density at radius 2 is 1.73 bits per heavy atom. The zero-order valence-corrected chi connectivity index (χ0v) is 18.8. The van der Waals surface area contributed by atoms with E-state index in [1.54, 1.807) is 13.0 Å². The molecule has 0 aliphatic rings. The summed E-state index contributed by atoms with van der Waals surface area (Å²) in [6.07, 6.45) is 1.62. The first-order valence-electron chi connectivity index (χ1n) is 10.5. The molecule has 2 aromatic carbocycles. The molecule has 1 amide bonds. The van der Waals surface area contributed by atoms with E-state index in [9.17, 15) is 14.7 Å². The zero-order valence-electron chi connectivity index (χ0n) is 18.0. The summed E-state index contributed by atoms with van der Waals surface area (Å²) in [6, 6.07) is 23.0. The fourth-order valence-electron chi connectivity index (χ4n) is 3.33. The van der Waals surface area contributed by atoms with Gasteiger partial charge in [0.05, 0.1) is 24.5 Å². The minimum atomic E-state index is -0.838. The number of carbonyl (C=O) groups is 2. The summed E-state index contributed by atoms with van der Waals surface area (Å²) < 4.78 is 10.9. The molecule has 0 fully saturated rings. The van der Waals surface area contributed by atoms with Gasteiger partial charge < -0.3 is 14.3 Å². The van der Waals surface area contributed by atoms with Crippen molar-refractivity contribution < 1.29 is 23.8 Å². The van der Waals surface area contributed by atoms with Gasteiger partial charge in [-0.1, -0.05) is 54.6 Å². The van der Waals surface area contributed by atoms with E-state index in [0.29, 0.717) is 17.9 Å². The summed E-state index contributed by atoms with van der Waals surface area (Å²) in [5.41, 5.74) is 3.42. The summed E-state index contributed by atoms with van der Waals surface area (Å²) in [7, 11) is 0. The van der Waals surface area contributed by atoms with Crippen molar-refractivity contribution in [3.63, 3.8) is 0 Å². The first-order valence-corrected chi connectivity index (χ1v) is 11.3. The van der Waals surface area contributed by atoms with E-state index in [0.717, 1.165) is 26.4 Å². The third-order valence-corrected chi connectivity index (χ3v) is 6.54. The van der Waals surface area contributed by atoms with Gasteiger partial charge in [0.15, 0.2) is 5.76 Å². The van der Waals surface area contributed by atoms with E-state index in [2.05, 4.69) is 5.32 Å². The van der Waals surface area contributed by atoms with Crippen LogP contribution in [0.3, 0.4) is 0 Å². The molecule has 0 unspecified atom stereocenters. The van der Waals surface area contributed by atoms with Gasteiger partial charge in [0.25, 0.3) is 0 Å². The Hall–Kier alpha value is -3.84. The first kappa shape index (κ1) is 22.4. The number of carboxylic acid groups (broad SMARTS) is 1. The number of nitrogens with one attached hydrogen (secondary N) is 1. The molecule has 0 spiro atoms. The minimum absolute atomic E-state index is 0.279. The Bertz CT molecular complexity index is 1230. The van der Waals surface area contributed by atoms with Crippen LogP contribution in [0.15, 0.2) is 83.5 Å². The molecule has 0 aliphatic heterocycles. The van der Waals surface area contributed by atoms with E-state index in [1.165, 1.54) is 17.6 Å². The lowest BCUT2D eigenvalue weighted by molar-refractivity contribution is -0.138. The fourth-order valence-corrected chi connectivity index (χ4v) is 4.39. The number of rotatable bonds is 8. The standard InChI is InChI=1S/C26H23NO5S/c1-17(25(28)29)22-11-12-23(33-22)19-7-9-20(10-8-19)24-21(14-16-31-24)27-26(30)32-15-13-18-5-3-2-4-6-18/h2-12,14,16-17H,13,15H2,1H3,(H,27,30)(H,28,29)/t17-/m0/s1. The van der Waals surface area contributed by atoms with Crippen molar-refractivity contribution in [3.05, 3.63) is 89.5 Å². The molecule has 2 heterocycles. The van der Waals surface area contributed by atoms with Crippen LogP contribution in [0.2, 0.25) is 0 Å². The average Bonchev–Trinajstić information content (AvgIpc) is 3.49. The molecule has 6 nitrogen and oxygen atoms in total. The van der Waals surface area contributed by atoms with Gasteiger partial charge >= 0.3 is 12.1 Å². The molecule has 4 rings (SSSR count). The lowest BCUT2D eigenvalue weighted by Gasteiger charge is -2.08. The van der Waals surface area contributed by atoms with E-state index in [-0.39, 0.29) is 6.61 Å². The highest BCUT2D eigenvalue weighted by atomic mass is 32.1. The van der Waals surface area contributed by atoms with Crippen molar-refractivity contribution in [2.24, 2.45) is 0 Å². The minimum Gasteiger partial charge on any atom is -0.481 e. The predicted molar refractivity (Wildman–Crippen MR) is 129 cm³/mol. The van der Waals surface area contributed by atoms with Crippen molar-refractivity contribution in [1.29, 1.82) is 0 Å². The lowest BCUT2D eigenvalue weighted by Crippen LogP contribution is -2.15. The molecule has 0 saturated heterocycles. The maximum atomic E-state index is 12.2. The second kappa shape index (κ2) is 10.2. The average molecular weight is 462 g/mol. The number of carbonyl (C=O) groups excluding carboxylic acids is 1. The van der Waals surface area contributed by atoms with Crippen LogP contribution in [0.1, 0.15) is 23.3 Å². The maximum Gasteiger partial charge on any atom is 0.411 e. The normalized spacial score (nSPS) is 11.7. The summed E-state index contributed by atoms with van der Waals surface area (Å²) >= 11 is 1.47. The van der Waals surface area contributed by atoms with Crippen LogP contribution in [0.25, 0.3) is 21.8 Å². The Balaban J connectivity index is 1.39. The number of hydrogen-bond donors (Lipinski definition) is 2. The summed E-state index contributed by atoms with van der Waals surface area (Å²) in [5.74, 6) is -0.838. The Morgan fingerprint density at radius 3 is 2.45 bits per heavy atom. The largest absolute Gasteiger partial charge is 0.481 e. The Kier molecular flexibility index (Phi) is 6.90. The highest BCUT2D eigenvalue weighted by Crippen LogP contribution is 2.35. The van der Waals surface area contributed by atoms with Crippen molar-refractivity contribution >= 4 is 29.1 Å². The molecule has 7 heteroatoms. The third-order valence-electron chi connectivity index (χ3n) is 5.22. The van der Waals surface area contributed by atoms with Crippen LogP contribution >= 0.6 is 11.3 Å². The SMILES string of the molecule is C[C@H](C(=O)O)c1ccc(-c2ccc(-c3occc3NC(=O)OCCc3ccccc3)cc2)s1. The van der Waals surface area contributed by atoms with Crippen LogP contribution < -0.4 is 5.32 Å². The van der Waals surface area contributed by atoms with E-state index < -0.39 is 18.0 Å². The molecule has 1 atom stereocenters. The molecule has 0 radical (unpaired) electrons. The molecular weight excluding hydrogens is 438 g/mol. The van der Waals surface area contributed by atoms with Crippen molar-refractivity contribution in [2.75, 3.05) is 11.9 Å².